The molecule has 2 rings (SSSR count). The van der Waals surface area contributed by atoms with Gasteiger partial charge < -0.3 is 14.2 Å². The number of carbonyl (C=O) groups excluding carboxylic acids is 1. The van der Waals surface area contributed by atoms with Crippen molar-refractivity contribution in [3.05, 3.63) is 47.3 Å². The van der Waals surface area contributed by atoms with Crippen LogP contribution in [0.4, 0.5) is 0 Å². The maximum absolute atomic E-state index is 12.3. The maximum Gasteiger partial charge on any atom is 0.222 e. The van der Waals surface area contributed by atoms with E-state index in [0.29, 0.717) is 13.0 Å². The van der Waals surface area contributed by atoms with Crippen LogP contribution in [0, 0.1) is 12.8 Å². The third-order valence-electron chi connectivity index (χ3n) is 3.79. The zero-order valence-electron chi connectivity index (χ0n) is 14.2. The molecule has 0 unspecified atom stereocenters. The zero-order valence-corrected chi connectivity index (χ0v) is 14.2. The molecule has 0 saturated heterocycles. The molecule has 0 radical (unpaired) electrons. The number of hydrogen-bond donors (Lipinski definition) is 0. The Labute approximate surface area is 137 Å². The Bertz CT molecular complexity index is 651. The molecule has 0 saturated carbocycles. The Morgan fingerprint density at radius 3 is 2.78 bits per heavy atom. The number of rotatable bonds is 7. The highest BCUT2D eigenvalue weighted by Gasteiger charge is 2.16. The standard InChI is InChI=1S/C18H24N2O3/c1-13(9-15-7-5-6-8-17(15)22-4)10-18(21)20(3)12-16-11-14(2)23-19-16/h5-8,11,13H,9-10,12H2,1-4H3/t13-/m1/s1. The number of nitrogens with zero attached hydrogens (tertiary/aromatic N) is 2. The smallest absolute Gasteiger partial charge is 0.222 e. The van der Waals surface area contributed by atoms with Crippen molar-refractivity contribution in [1.82, 2.24) is 10.1 Å². The summed E-state index contributed by atoms with van der Waals surface area (Å²) in [4.78, 5) is 14.0. The highest BCUT2D eigenvalue weighted by Crippen LogP contribution is 2.22. The number of ether oxygens (including phenoxy) is 1. The molecule has 1 heterocycles. The number of benzene rings is 1. The van der Waals surface area contributed by atoms with Crippen LogP contribution in [0.5, 0.6) is 5.75 Å². The van der Waals surface area contributed by atoms with Gasteiger partial charge in [0.2, 0.25) is 5.91 Å². The molecule has 0 aliphatic rings. The van der Waals surface area contributed by atoms with Gasteiger partial charge in [-0.3, -0.25) is 4.79 Å². The number of para-hydroxylation sites is 1. The molecule has 23 heavy (non-hydrogen) atoms. The quantitative estimate of drug-likeness (QED) is 0.787. The summed E-state index contributed by atoms with van der Waals surface area (Å²) in [6, 6.07) is 9.78. The van der Waals surface area contributed by atoms with E-state index in [2.05, 4.69) is 12.1 Å². The molecular weight excluding hydrogens is 292 g/mol. The van der Waals surface area contributed by atoms with Crippen LogP contribution in [0.2, 0.25) is 0 Å². The highest BCUT2D eigenvalue weighted by atomic mass is 16.5. The molecule has 0 N–H and O–H groups in total. The maximum atomic E-state index is 12.3. The summed E-state index contributed by atoms with van der Waals surface area (Å²) in [5.74, 6) is 1.97. The van der Waals surface area contributed by atoms with Crippen LogP contribution < -0.4 is 4.74 Å². The first-order valence-corrected chi connectivity index (χ1v) is 7.77. The number of amides is 1. The van der Waals surface area contributed by atoms with Gasteiger partial charge >= 0.3 is 0 Å². The molecule has 1 atom stereocenters. The number of hydrogen-bond acceptors (Lipinski definition) is 4. The Hall–Kier alpha value is -2.30. The lowest BCUT2D eigenvalue weighted by atomic mass is 9.97. The second-order valence-corrected chi connectivity index (χ2v) is 6.00. The molecule has 0 bridgehead atoms. The fourth-order valence-electron chi connectivity index (χ4n) is 2.60. The lowest BCUT2D eigenvalue weighted by molar-refractivity contribution is -0.131. The number of aryl methyl sites for hydroxylation is 1. The highest BCUT2D eigenvalue weighted by molar-refractivity contribution is 5.76. The van der Waals surface area contributed by atoms with Crippen molar-refractivity contribution >= 4 is 5.91 Å². The predicted molar refractivity (Wildman–Crippen MR) is 88.2 cm³/mol. The van der Waals surface area contributed by atoms with E-state index < -0.39 is 0 Å². The molecule has 1 amide bonds. The third-order valence-corrected chi connectivity index (χ3v) is 3.79. The topological polar surface area (TPSA) is 55.6 Å². The molecule has 5 nitrogen and oxygen atoms in total. The molecule has 0 spiro atoms. The second kappa shape index (κ2) is 7.81. The van der Waals surface area contributed by atoms with Crippen molar-refractivity contribution in [3.8, 4) is 5.75 Å². The average Bonchev–Trinajstić information content (AvgIpc) is 2.92. The molecule has 5 heteroatoms. The van der Waals surface area contributed by atoms with Crippen LogP contribution in [0.1, 0.15) is 30.4 Å². The van der Waals surface area contributed by atoms with E-state index in [1.54, 1.807) is 19.1 Å². The van der Waals surface area contributed by atoms with Gasteiger partial charge in [0.1, 0.15) is 17.2 Å². The van der Waals surface area contributed by atoms with E-state index in [1.165, 1.54) is 0 Å². The summed E-state index contributed by atoms with van der Waals surface area (Å²) in [6.07, 6.45) is 1.30. The minimum Gasteiger partial charge on any atom is -0.496 e. The Morgan fingerprint density at radius 2 is 2.13 bits per heavy atom. The number of methoxy groups -OCH3 is 1. The summed E-state index contributed by atoms with van der Waals surface area (Å²) < 4.78 is 10.4. The van der Waals surface area contributed by atoms with Crippen molar-refractivity contribution in [1.29, 1.82) is 0 Å². The first kappa shape index (κ1) is 17.1. The first-order chi connectivity index (χ1) is 11.0. The van der Waals surface area contributed by atoms with Gasteiger partial charge in [0, 0.05) is 19.5 Å². The molecule has 124 valence electrons. The van der Waals surface area contributed by atoms with Crippen LogP contribution >= 0.6 is 0 Å². The predicted octanol–water partition coefficient (Wildman–Crippen LogP) is 3.22. The number of carbonyl (C=O) groups is 1. The molecule has 1 aromatic heterocycles. The van der Waals surface area contributed by atoms with E-state index in [0.717, 1.165) is 29.2 Å². The fourth-order valence-corrected chi connectivity index (χ4v) is 2.60. The van der Waals surface area contributed by atoms with Crippen LogP contribution in [0.25, 0.3) is 0 Å². The largest absolute Gasteiger partial charge is 0.496 e. The molecule has 0 aliphatic heterocycles. The van der Waals surface area contributed by atoms with Gasteiger partial charge in [-0.1, -0.05) is 30.3 Å². The van der Waals surface area contributed by atoms with Crippen molar-refractivity contribution in [2.45, 2.75) is 33.2 Å². The molecule has 2 aromatic rings. The Morgan fingerprint density at radius 1 is 1.39 bits per heavy atom. The van der Waals surface area contributed by atoms with Crippen LogP contribution in [0.15, 0.2) is 34.9 Å². The third kappa shape index (κ3) is 4.84. The summed E-state index contributed by atoms with van der Waals surface area (Å²) in [7, 11) is 3.46. The molecular formula is C18H24N2O3. The van der Waals surface area contributed by atoms with Gasteiger partial charge in [-0.05, 0) is 30.9 Å². The molecule has 0 fully saturated rings. The Kier molecular flexibility index (Phi) is 5.79. The van der Waals surface area contributed by atoms with Crippen molar-refractivity contribution in [2.24, 2.45) is 5.92 Å². The molecule has 1 aromatic carbocycles. The Balaban J connectivity index is 1.88. The van der Waals surface area contributed by atoms with Gasteiger partial charge in [0.05, 0.1) is 13.7 Å². The van der Waals surface area contributed by atoms with Crippen molar-refractivity contribution in [2.75, 3.05) is 14.2 Å². The van der Waals surface area contributed by atoms with Gasteiger partial charge in [0.15, 0.2) is 0 Å². The van der Waals surface area contributed by atoms with Crippen molar-refractivity contribution < 1.29 is 14.1 Å². The van der Waals surface area contributed by atoms with Gasteiger partial charge in [-0.15, -0.1) is 0 Å². The van der Waals surface area contributed by atoms with Crippen LogP contribution in [-0.2, 0) is 17.8 Å². The SMILES string of the molecule is COc1ccccc1C[C@@H](C)CC(=O)N(C)Cc1cc(C)on1. The van der Waals surface area contributed by atoms with E-state index in [4.69, 9.17) is 9.26 Å². The lowest BCUT2D eigenvalue weighted by Gasteiger charge is -2.19. The summed E-state index contributed by atoms with van der Waals surface area (Å²) in [5.41, 5.74) is 1.90. The summed E-state index contributed by atoms with van der Waals surface area (Å²) >= 11 is 0. The van der Waals surface area contributed by atoms with E-state index >= 15 is 0 Å². The molecule has 0 aliphatic carbocycles. The first-order valence-electron chi connectivity index (χ1n) is 7.77. The lowest BCUT2D eigenvalue weighted by Crippen LogP contribution is -2.28. The average molecular weight is 316 g/mol. The van der Waals surface area contributed by atoms with E-state index in [-0.39, 0.29) is 11.8 Å². The van der Waals surface area contributed by atoms with Crippen LogP contribution in [-0.4, -0.2) is 30.1 Å². The summed E-state index contributed by atoms with van der Waals surface area (Å²) in [5, 5.41) is 3.92. The van der Waals surface area contributed by atoms with Gasteiger partial charge in [0.25, 0.3) is 0 Å². The van der Waals surface area contributed by atoms with Crippen LogP contribution in [0.3, 0.4) is 0 Å². The zero-order chi connectivity index (χ0) is 16.8. The normalized spacial score (nSPS) is 12.0. The van der Waals surface area contributed by atoms with E-state index in [9.17, 15) is 4.79 Å². The minimum absolute atomic E-state index is 0.105. The van der Waals surface area contributed by atoms with E-state index in [1.807, 2.05) is 37.3 Å². The number of aromatic nitrogens is 1. The summed E-state index contributed by atoms with van der Waals surface area (Å²) in [6.45, 7) is 4.39. The fraction of sp³-hybridized carbons (Fsp3) is 0.444. The van der Waals surface area contributed by atoms with Gasteiger partial charge in [-0.2, -0.15) is 0 Å². The minimum atomic E-state index is 0.105. The van der Waals surface area contributed by atoms with Gasteiger partial charge in [-0.25, -0.2) is 0 Å². The monoisotopic (exact) mass is 316 g/mol. The second-order valence-electron chi connectivity index (χ2n) is 6.00. The van der Waals surface area contributed by atoms with Crippen molar-refractivity contribution in [3.63, 3.8) is 0 Å².